The van der Waals surface area contributed by atoms with Gasteiger partial charge in [0.15, 0.2) is 6.10 Å². The lowest BCUT2D eigenvalue weighted by Crippen LogP contribution is -2.13. The minimum absolute atomic E-state index is 0.0638. The third-order valence-electron chi connectivity index (χ3n) is 2.39. The second-order valence-corrected chi connectivity index (χ2v) is 3.73. The summed E-state index contributed by atoms with van der Waals surface area (Å²) in [5.74, 6) is -4.49. The van der Waals surface area contributed by atoms with Crippen LogP contribution < -0.4 is 0 Å². The summed E-state index contributed by atoms with van der Waals surface area (Å²) in [6.45, 7) is 1.09. The van der Waals surface area contributed by atoms with Gasteiger partial charge in [-0.1, -0.05) is 18.2 Å². The van der Waals surface area contributed by atoms with Crippen molar-refractivity contribution in [3.8, 4) is 0 Å². The van der Waals surface area contributed by atoms with Crippen molar-refractivity contribution in [2.45, 2.75) is 19.0 Å². The molecule has 0 aliphatic heterocycles. The second-order valence-electron chi connectivity index (χ2n) is 3.73. The average Bonchev–Trinajstić information content (AvgIpc) is 2.85. The molecule has 0 saturated heterocycles. The molecule has 1 unspecified atom stereocenters. The normalized spacial score (nSPS) is 18.2. The number of benzene rings is 1. The summed E-state index contributed by atoms with van der Waals surface area (Å²) < 4.78 is 44.0. The first-order valence-corrected chi connectivity index (χ1v) is 4.94. The molecule has 17 heavy (non-hydrogen) atoms. The summed E-state index contributed by atoms with van der Waals surface area (Å²) >= 11 is 0. The van der Waals surface area contributed by atoms with Crippen molar-refractivity contribution in [2.24, 2.45) is 0 Å². The molecule has 0 N–H and O–H groups in total. The van der Waals surface area contributed by atoms with E-state index in [9.17, 15) is 18.0 Å². The van der Waals surface area contributed by atoms with Crippen molar-refractivity contribution in [3.05, 3.63) is 47.3 Å². The summed E-state index contributed by atoms with van der Waals surface area (Å²) in [6, 6.07) is 5.38. The largest absolute Gasteiger partial charge is 0.453 e. The van der Waals surface area contributed by atoms with E-state index in [4.69, 9.17) is 4.74 Å². The maximum atomic E-state index is 13.5. The molecule has 1 aromatic rings. The van der Waals surface area contributed by atoms with Crippen molar-refractivity contribution in [1.29, 1.82) is 0 Å². The Bertz CT molecular complexity index is 494. The number of allylic oxidation sites excluding steroid dienone is 1. The second kappa shape index (κ2) is 3.91. The Morgan fingerprint density at radius 1 is 1.35 bits per heavy atom. The molecule has 0 radical (unpaired) electrons. The molecule has 0 bridgehead atoms. The molecule has 0 aromatic heterocycles. The Hall–Kier alpha value is -1.78. The summed E-state index contributed by atoms with van der Waals surface area (Å²) in [5.41, 5.74) is -0.441. The fourth-order valence-electron chi connectivity index (χ4n) is 1.56. The lowest BCUT2D eigenvalue weighted by molar-refractivity contribution is -0.145. The highest BCUT2D eigenvalue weighted by molar-refractivity contribution is 5.67. The van der Waals surface area contributed by atoms with Gasteiger partial charge in [-0.05, 0) is 12.1 Å². The summed E-state index contributed by atoms with van der Waals surface area (Å²) in [7, 11) is 0. The number of carbonyl (C=O) groups excluding carboxylic acids is 1. The molecule has 2 rings (SSSR count). The average molecular weight is 242 g/mol. The Balaban J connectivity index is 2.32. The topological polar surface area (TPSA) is 26.3 Å². The van der Waals surface area contributed by atoms with E-state index < -0.39 is 23.8 Å². The van der Waals surface area contributed by atoms with E-state index in [2.05, 4.69) is 0 Å². The molecule has 1 aromatic carbocycles. The molecule has 0 spiro atoms. The third-order valence-corrected chi connectivity index (χ3v) is 2.39. The van der Waals surface area contributed by atoms with Gasteiger partial charge in [0, 0.05) is 18.1 Å². The van der Waals surface area contributed by atoms with Crippen LogP contribution in [0.15, 0.2) is 35.9 Å². The number of hydrogen-bond donors (Lipinski definition) is 0. The SMILES string of the molecule is CC(=O)OC(C1=CC1(F)F)c1ccccc1F. The predicted octanol–water partition coefficient (Wildman–Crippen LogP) is 3.01. The van der Waals surface area contributed by atoms with Gasteiger partial charge in [-0.2, -0.15) is 8.78 Å². The number of alkyl halides is 2. The van der Waals surface area contributed by atoms with Crippen LogP contribution in [0.5, 0.6) is 0 Å². The van der Waals surface area contributed by atoms with Gasteiger partial charge in [0.25, 0.3) is 5.92 Å². The van der Waals surface area contributed by atoms with Crippen molar-refractivity contribution < 1.29 is 22.7 Å². The van der Waals surface area contributed by atoms with Crippen LogP contribution in [-0.2, 0) is 9.53 Å². The number of hydrogen-bond acceptors (Lipinski definition) is 2. The molecule has 0 fully saturated rings. The van der Waals surface area contributed by atoms with Gasteiger partial charge in [-0.3, -0.25) is 4.79 Å². The molecule has 0 amide bonds. The highest BCUT2D eigenvalue weighted by atomic mass is 19.3. The molecule has 0 heterocycles. The first kappa shape index (κ1) is 11.7. The van der Waals surface area contributed by atoms with Gasteiger partial charge in [-0.25, -0.2) is 4.39 Å². The van der Waals surface area contributed by atoms with Gasteiger partial charge < -0.3 is 4.74 Å². The van der Waals surface area contributed by atoms with Gasteiger partial charge in [0.05, 0.1) is 0 Å². The molecular formula is C12H9F3O2. The van der Waals surface area contributed by atoms with Crippen LogP contribution in [0, 0.1) is 5.82 Å². The van der Waals surface area contributed by atoms with E-state index in [1.807, 2.05) is 0 Å². The van der Waals surface area contributed by atoms with E-state index in [0.29, 0.717) is 6.08 Å². The van der Waals surface area contributed by atoms with Gasteiger partial charge in [0.2, 0.25) is 0 Å². The first-order valence-electron chi connectivity index (χ1n) is 4.94. The van der Waals surface area contributed by atoms with E-state index in [-0.39, 0.29) is 11.1 Å². The molecule has 1 atom stereocenters. The maximum absolute atomic E-state index is 13.5. The van der Waals surface area contributed by atoms with Gasteiger partial charge >= 0.3 is 5.97 Å². The van der Waals surface area contributed by atoms with Gasteiger partial charge in [0.1, 0.15) is 5.82 Å². The summed E-state index contributed by atoms with van der Waals surface area (Å²) in [5, 5.41) is 0. The van der Waals surface area contributed by atoms with Crippen molar-refractivity contribution >= 4 is 5.97 Å². The fourth-order valence-corrected chi connectivity index (χ4v) is 1.56. The quantitative estimate of drug-likeness (QED) is 0.601. The fraction of sp³-hybridized carbons (Fsp3) is 0.250. The number of esters is 1. The number of rotatable bonds is 3. The number of halogens is 3. The Morgan fingerprint density at radius 2 is 1.94 bits per heavy atom. The molecule has 2 nitrogen and oxygen atoms in total. The lowest BCUT2D eigenvalue weighted by Gasteiger charge is -2.16. The van der Waals surface area contributed by atoms with Crippen molar-refractivity contribution in [1.82, 2.24) is 0 Å². The van der Waals surface area contributed by atoms with E-state index >= 15 is 0 Å². The molecule has 0 saturated carbocycles. The van der Waals surface area contributed by atoms with Crippen LogP contribution in [0.25, 0.3) is 0 Å². The standard InChI is InChI=1S/C12H9F3O2/c1-7(16)17-11(9-6-12(9,14)15)8-4-2-3-5-10(8)13/h2-6,11H,1H3. The molecule has 1 aliphatic carbocycles. The van der Waals surface area contributed by atoms with Crippen LogP contribution in [0.4, 0.5) is 13.2 Å². The predicted molar refractivity (Wildman–Crippen MR) is 53.9 cm³/mol. The van der Waals surface area contributed by atoms with Gasteiger partial charge in [-0.15, -0.1) is 0 Å². The zero-order chi connectivity index (χ0) is 12.6. The monoisotopic (exact) mass is 242 g/mol. The van der Waals surface area contributed by atoms with Crippen LogP contribution in [0.3, 0.4) is 0 Å². The Kier molecular flexibility index (Phi) is 2.69. The molecule has 90 valence electrons. The summed E-state index contributed by atoms with van der Waals surface area (Å²) in [4.78, 5) is 10.9. The van der Waals surface area contributed by atoms with E-state index in [0.717, 1.165) is 13.0 Å². The number of ether oxygens (including phenoxy) is 1. The first-order chi connectivity index (χ1) is 7.92. The van der Waals surface area contributed by atoms with Crippen LogP contribution in [0.1, 0.15) is 18.6 Å². The minimum Gasteiger partial charge on any atom is -0.453 e. The van der Waals surface area contributed by atoms with Crippen LogP contribution >= 0.6 is 0 Å². The highest BCUT2D eigenvalue weighted by Gasteiger charge is 2.51. The smallest absolute Gasteiger partial charge is 0.303 e. The van der Waals surface area contributed by atoms with Crippen molar-refractivity contribution in [3.63, 3.8) is 0 Å². The zero-order valence-corrected chi connectivity index (χ0v) is 8.91. The zero-order valence-electron chi connectivity index (χ0n) is 8.91. The maximum Gasteiger partial charge on any atom is 0.303 e. The van der Waals surface area contributed by atoms with E-state index in [1.54, 1.807) is 0 Å². The van der Waals surface area contributed by atoms with Crippen LogP contribution in [0.2, 0.25) is 0 Å². The minimum atomic E-state index is -3.08. The molecule has 1 aliphatic rings. The van der Waals surface area contributed by atoms with Crippen molar-refractivity contribution in [2.75, 3.05) is 0 Å². The molecular weight excluding hydrogens is 233 g/mol. The molecule has 5 heteroatoms. The third kappa shape index (κ3) is 2.33. The lowest BCUT2D eigenvalue weighted by atomic mass is 10.1. The van der Waals surface area contributed by atoms with E-state index in [1.165, 1.54) is 18.2 Å². The van der Waals surface area contributed by atoms with Crippen LogP contribution in [-0.4, -0.2) is 11.9 Å². The highest BCUT2D eigenvalue weighted by Crippen LogP contribution is 2.49. The Labute approximate surface area is 95.7 Å². The number of carbonyl (C=O) groups is 1. The summed E-state index contributed by atoms with van der Waals surface area (Å²) in [6.07, 6.45) is -0.684. The Morgan fingerprint density at radius 3 is 2.41 bits per heavy atom.